The Bertz CT molecular complexity index is 1370. The minimum Gasteiger partial charge on any atom is -0.368 e. The summed E-state index contributed by atoms with van der Waals surface area (Å²) in [6, 6.07) is 15.7. The first-order valence-electron chi connectivity index (χ1n) is 9.91. The predicted octanol–water partition coefficient (Wildman–Crippen LogP) is 5.41. The van der Waals surface area contributed by atoms with Crippen molar-refractivity contribution in [1.82, 2.24) is 24.9 Å². The number of fused-ring (bicyclic) bond motifs is 2. The molecule has 0 aliphatic heterocycles. The first kappa shape index (κ1) is 19.4. The van der Waals surface area contributed by atoms with E-state index in [1.165, 1.54) is 18.5 Å². The Morgan fingerprint density at radius 3 is 2.65 bits per heavy atom. The third kappa shape index (κ3) is 4.18. The zero-order valence-corrected chi connectivity index (χ0v) is 17.2. The van der Waals surface area contributed by atoms with Crippen molar-refractivity contribution in [2.75, 3.05) is 11.9 Å². The lowest BCUT2D eigenvalue weighted by atomic mass is 10.1. The number of imidazole rings is 1. The number of benzene rings is 2. The van der Waals surface area contributed by atoms with Gasteiger partial charge in [-0.25, -0.2) is 24.3 Å². The minimum absolute atomic E-state index is 0.275. The maximum absolute atomic E-state index is 13.2. The molecule has 154 valence electrons. The number of aryl methyl sites for hydroxylation is 1. The number of aromatic nitrogens is 5. The number of nitrogens with zero attached hydrogens (tertiary/aromatic N) is 4. The van der Waals surface area contributed by atoms with Gasteiger partial charge in [-0.3, -0.25) is 0 Å². The smallest absolute Gasteiger partial charge is 0.156 e. The molecule has 0 fully saturated rings. The van der Waals surface area contributed by atoms with Crippen LogP contribution in [0.2, 0.25) is 5.02 Å². The van der Waals surface area contributed by atoms with E-state index in [4.69, 9.17) is 16.6 Å². The van der Waals surface area contributed by atoms with Crippen LogP contribution in [0.1, 0.15) is 12.2 Å². The number of H-pyrrole nitrogens is 1. The van der Waals surface area contributed by atoms with Crippen molar-refractivity contribution >= 4 is 39.5 Å². The molecular formula is C23H18ClFN6. The van der Waals surface area contributed by atoms with Gasteiger partial charge >= 0.3 is 0 Å². The third-order valence-electron chi connectivity index (χ3n) is 5.00. The molecule has 2 N–H and O–H groups in total. The molecule has 2 aromatic carbocycles. The Morgan fingerprint density at radius 2 is 1.77 bits per heavy atom. The molecular weight excluding hydrogens is 415 g/mol. The largest absolute Gasteiger partial charge is 0.368 e. The zero-order chi connectivity index (χ0) is 21.2. The Hall–Kier alpha value is -3.58. The summed E-state index contributed by atoms with van der Waals surface area (Å²) in [7, 11) is 0. The Morgan fingerprint density at radius 1 is 0.935 bits per heavy atom. The quantitative estimate of drug-likeness (QED) is 0.351. The van der Waals surface area contributed by atoms with Crippen molar-refractivity contribution in [1.29, 1.82) is 0 Å². The summed E-state index contributed by atoms with van der Waals surface area (Å²) in [6.07, 6.45) is 3.17. The molecule has 8 heteroatoms. The second kappa shape index (κ2) is 8.28. The molecule has 0 saturated heterocycles. The van der Waals surface area contributed by atoms with Crippen molar-refractivity contribution in [3.63, 3.8) is 0 Å². The van der Waals surface area contributed by atoms with Crippen molar-refractivity contribution in [3.05, 3.63) is 77.6 Å². The van der Waals surface area contributed by atoms with E-state index in [1.807, 2.05) is 30.3 Å². The summed E-state index contributed by atoms with van der Waals surface area (Å²) >= 11 is 6.03. The van der Waals surface area contributed by atoms with Gasteiger partial charge in [0.25, 0.3) is 0 Å². The van der Waals surface area contributed by atoms with Crippen LogP contribution in [-0.4, -0.2) is 31.5 Å². The zero-order valence-electron chi connectivity index (χ0n) is 16.4. The molecule has 0 unspecified atom stereocenters. The van der Waals surface area contributed by atoms with Crippen LogP contribution in [0.3, 0.4) is 0 Å². The molecule has 0 aliphatic rings. The summed E-state index contributed by atoms with van der Waals surface area (Å²) in [6.45, 7) is 0.701. The van der Waals surface area contributed by atoms with Crippen molar-refractivity contribution in [3.8, 4) is 11.3 Å². The highest BCUT2D eigenvalue weighted by Crippen LogP contribution is 2.24. The highest BCUT2D eigenvalue weighted by Gasteiger charge is 2.09. The fraction of sp³-hybridized carbons (Fsp3) is 0.130. The molecule has 0 bridgehead atoms. The van der Waals surface area contributed by atoms with Gasteiger partial charge in [-0.1, -0.05) is 11.6 Å². The number of rotatable bonds is 6. The van der Waals surface area contributed by atoms with Crippen molar-refractivity contribution in [2.45, 2.75) is 12.8 Å². The summed E-state index contributed by atoms with van der Waals surface area (Å²) < 4.78 is 13.2. The Kier molecular flexibility index (Phi) is 5.18. The second-order valence-corrected chi connectivity index (χ2v) is 7.61. The summed E-state index contributed by atoms with van der Waals surface area (Å²) in [5, 5.41) is 4.04. The van der Waals surface area contributed by atoms with Crippen LogP contribution >= 0.6 is 11.6 Å². The molecule has 6 nitrogen and oxygen atoms in total. The lowest BCUT2D eigenvalue weighted by molar-refractivity contribution is 0.628. The van der Waals surface area contributed by atoms with E-state index in [-0.39, 0.29) is 5.82 Å². The van der Waals surface area contributed by atoms with Crippen LogP contribution in [0.5, 0.6) is 0 Å². The van der Waals surface area contributed by atoms with E-state index >= 15 is 0 Å². The Labute approximate surface area is 182 Å². The molecule has 0 saturated carbocycles. The third-order valence-corrected chi connectivity index (χ3v) is 5.23. The SMILES string of the molecule is Fc1ccc(-c2ccc3ncnc(NCCCc4nc5ccc(Cl)cc5[nH]4)c3n2)cc1. The number of pyridine rings is 1. The van der Waals surface area contributed by atoms with Gasteiger partial charge in [-0.2, -0.15) is 0 Å². The topological polar surface area (TPSA) is 79.4 Å². The minimum atomic E-state index is -0.275. The summed E-state index contributed by atoms with van der Waals surface area (Å²) in [5.41, 5.74) is 4.86. The molecule has 5 aromatic rings. The van der Waals surface area contributed by atoms with E-state index < -0.39 is 0 Å². The van der Waals surface area contributed by atoms with Gasteiger partial charge < -0.3 is 10.3 Å². The monoisotopic (exact) mass is 432 g/mol. The molecule has 0 amide bonds. The molecule has 3 heterocycles. The first-order valence-corrected chi connectivity index (χ1v) is 10.3. The van der Waals surface area contributed by atoms with E-state index in [0.717, 1.165) is 46.5 Å². The second-order valence-electron chi connectivity index (χ2n) is 7.17. The van der Waals surface area contributed by atoms with Gasteiger partial charge in [0.2, 0.25) is 0 Å². The fourth-order valence-corrected chi connectivity index (χ4v) is 3.64. The summed E-state index contributed by atoms with van der Waals surface area (Å²) in [5.74, 6) is 1.32. The molecule has 31 heavy (non-hydrogen) atoms. The number of anilines is 1. The van der Waals surface area contributed by atoms with E-state index in [0.29, 0.717) is 22.9 Å². The highest BCUT2D eigenvalue weighted by molar-refractivity contribution is 6.31. The van der Waals surface area contributed by atoms with Crippen LogP contribution in [0.15, 0.2) is 60.9 Å². The number of hydrogen-bond acceptors (Lipinski definition) is 5. The van der Waals surface area contributed by atoms with Gasteiger partial charge in [0.1, 0.15) is 23.5 Å². The van der Waals surface area contributed by atoms with Crippen LogP contribution in [0.4, 0.5) is 10.2 Å². The highest BCUT2D eigenvalue weighted by atomic mass is 35.5. The maximum Gasteiger partial charge on any atom is 0.156 e. The number of nitrogens with one attached hydrogen (secondary N) is 2. The van der Waals surface area contributed by atoms with Crippen LogP contribution < -0.4 is 5.32 Å². The maximum atomic E-state index is 13.2. The average molecular weight is 433 g/mol. The molecule has 0 spiro atoms. The van der Waals surface area contributed by atoms with Crippen LogP contribution in [0.25, 0.3) is 33.3 Å². The van der Waals surface area contributed by atoms with Crippen LogP contribution in [-0.2, 0) is 6.42 Å². The van der Waals surface area contributed by atoms with Gasteiger partial charge in [0, 0.05) is 23.6 Å². The molecule has 0 radical (unpaired) electrons. The van der Waals surface area contributed by atoms with Gasteiger partial charge in [-0.15, -0.1) is 0 Å². The fourth-order valence-electron chi connectivity index (χ4n) is 3.47. The standard InChI is InChI=1S/C23H18ClFN6/c24-15-5-8-18-20(12-15)30-21(29-18)2-1-11-26-23-22-19(27-13-28-23)10-9-17(31-22)14-3-6-16(25)7-4-14/h3-10,12-13H,1-2,11H2,(H,29,30)(H,26,27,28). The molecule has 5 rings (SSSR count). The van der Waals surface area contributed by atoms with E-state index in [2.05, 4.69) is 25.3 Å². The molecule has 0 aliphatic carbocycles. The molecule has 0 atom stereocenters. The predicted molar refractivity (Wildman–Crippen MR) is 121 cm³/mol. The number of halogens is 2. The van der Waals surface area contributed by atoms with Crippen molar-refractivity contribution < 1.29 is 4.39 Å². The number of aromatic amines is 1. The van der Waals surface area contributed by atoms with Crippen LogP contribution in [0, 0.1) is 5.82 Å². The lowest BCUT2D eigenvalue weighted by Crippen LogP contribution is -2.07. The first-order chi connectivity index (χ1) is 15.2. The molecule has 3 aromatic heterocycles. The van der Waals surface area contributed by atoms with Gasteiger partial charge in [0.15, 0.2) is 5.82 Å². The van der Waals surface area contributed by atoms with Crippen molar-refractivity contribution in [2.24, 2.45) is 0 Å². The van der Waals surface area contributed by atoms with Gasteiger partial charge in [-0.05, 0) is 61.0 Å². The van der Waals surface area contributed by atoms with E-state index in [1.54, 1.807) is 12.1 Å². The number of hydrogen-bond donors (Lipinski definition) is 2. The normalized spacial score (nSPS) is 11.3. The van der Waals surface area contributed by atoms with Gasteiger partial charge in [0.05, 0.1) is 22.2 Å². The van der Waals surface area contributed by atoms with E-state index in [9.17, 15) is 4.39 Å². The Balaban J connectivity index is 1.30. The summed E-state index contributed by atoms with van der Waals surface area (Å²) in [4.78, 5) is 21.3. The average Bonchev–Trinajstić information content (AvgIpc) is 3.19. The lowest BCUT2D eigenvalue weighted by Gasteiger charge is -2.09.